The Bertz CT molecular complexity index is 692. The number of amides is 1. The average molecular weight is 395 g/mol. The first-order valence-electron chi connectivity index (χ1n) is 7.40. The monoisotopic (exact) mass is 393 g/mol. The average Bonchev–Trinajstić information content (AvgIpc) is 3.04. The fraction of sp³-hybridized carbons (Fsp3) is 0.235. The fourth-order valence-electron chi connectivity index (χ4n) is 2.58. The lowest BCUT2D eigenvalue weighted by Crippen LogP contribution is -2.42. The fourth-order valence-corrected chi connectivity index (χ4v) is 3.05. The molecule has 120 valence electrons. The Kier molecular flexibility index (Phi) is 5.33. The van der Waals surface area contributed by atoms with Crippen LogP contribution in [0.25, 0.3) is 0 Å². The summed E-state index contributed by atoms with van der Waals surface area (Å²) in [6.45, 7) is 0.520. The summed E-state index contributed by atoms with van der Waals surface area (Å²) >= 11 is 9.42. The molecule has 0 bridgehead atoms. The van der Waals surface area contributed by atoms with Gasteiger partial charge in [-0.1, -0.05) is 51.8 Å². The molecule has 1 aliphatic rings. The van der Waals surface area contributed by atoms with Gasteiger partial charge in [-0.25, -0.2) is 10.9 Å². The predicted octanol–water partition coefficient (Wildman–Crippen LogP) is 3.33. The van der Waals surface area contributed by atoms with E-state index in [-0.39, 0.29) is 18.0 Å². The lowest BCUT2D eigenvalue weighted by atomic mass is 10.0. The van der Waals surface area contributed by atoms with E-state index in [9.17, 15) is 4.79 Å². The van der Waals surface area contributed by atoms with Gasteiger partial charge in [-0.3, -0.25) is 4.79 Å². The van der Waals surface area contributed by atoms with Gasteiger partial charge in [0.15, 0.2) is 0 Å². The molecular weight excluding hydrogens is 378 g/mol. The normalized spacial score (nSPS) is 20.4. The molecule has 0 aliphatic carbocycles. The highest BCUT2D eigenvalue weighted by molar-refractivity contribution is 9.10. The van der Waals surface area contributed by atoms with E-state index < -0.39 is 0 Å². The predicted molar refractivity (Wildman–Crippen MR) is 94.9 cm³/mol. The number of hydrogen-bond acceptors (Lipinski definition) is 3. The molecule has 2 aromatic carbocycles. The first-order chi connectivity index (χ1) is 11.1. The molecular formula is C17H17BrClN3O. The van der Waals surface area contributed by atoms with Crippen molar-refractivity contribution in [2.45, 2.75) is 25.0 Å². The number of hydrogen-bond donors (Lipinski definition) is 3. The number of hydrazine groups is 1. The molecule has 1 heterocycles. The summed E-state index contributed by atoms with van der Waals surface area (Å²) < 4.78 is 1.03. The van der Waals surface area contributed by atoms with Crippen molar-refractivity contribution >= 4 is 33.4 Å². The molecule has 23 heavy (non-hydrogen) atoms. The molecule has 4 nitrogen and oxygen atoms in total. The zero-order chi connectivity index (χ0) is 16.2. The Balaban J connectivity index is 1.54. The minimum absolute atomic E-state index is 0.00931. The van der Waals surface area contributed by atoms with Crippen molar-refractivity contribution in [2.75, 3.05) is 0 Å². The summed E-state index contributed by atoms with van der Waals surface area (Å²) in [4.78, 5) is 12.3. The first-order valence-corrected chi connectivity index (χ1v) is 8.57. The zero-order valence-electron chi connectivity index (χ0n) is 12.4. The van der Waals surface area contributed by atoms with Gasteiger partial charge >= 0.3 is 0 Å². The summed E-state index contributed by atoms with van der Waals surface area (Å²) in [5, 5.41) is 3.66. The van der Waals surface area contributed by atoms with Crippen molar-refractivity contribution in [3.05, 3.63) is 69.2 Å². The van der Waals surface area contributed by atoms with Gasteiger partial charge < -0.3 is 5.32 Å². The van der Waals surface area contributed by atoms with Crippen molar-refractivity contribution in [1.82, 2.24) is 16.2 Å². The molecule has 1 amide bonds. The second-order valence-corrected chi connectivity index (χ2v) is 6.88. The molecule has 2 atom stereocenters. The standard InChI is InChI=1S/C17H17BrClN3O/c18-13-6-4-11(5-7-13)10-20-17(23)16-9-15(21-22-16)12-2-1-3-14(19)8-12/h1-8,15-16,21-22H,9-10H2,(H,20,23). The van der Waals surface area contributed by atoms with Crippen LogP contribution in [0.5, 0.6) is 0 Å². The van der Waals surface area contributed by atoms with Crippen LogP contribution in [0.2, 0.25) is 5.02 Å². The van der Waals surface area contributed by atoms with Crippen LogP contribution in [-0.4, -0.2) is 11.9 Å². The van der Waals surface area contributed by atoms with E-state index in [1.807, 2.05) is 48.5 Å². The van der Waals surface area contributed by atoms with E-state index in [1.165, 1.54) is 0 Å². The van der Waals surface area contributed by atoms with Crippen LogP contribution in [-0.2, 0) is 11.3 Å². The van der Waals surface area contributed by atoms with Gasteiger partial charge in [0.1, 0.15) is 6.04 Å². The Morgan fingerprint density at radius 3 is 2.74 bits per heavy atom. The van der Waals surface area contributed by atoms with Gasteiger partial charge in [-0.15, -0.1) is 0 Å². The summed E-state index contributed by atoms with van der Waals surface area (Å²) in [6, 6.07) is 15.4. The molecule has 0 aromatic heterocycles. The van der Waals surface area contributed by atoms with E-state index in [0.29, 0.717) is 18.0 Å². The topological polar surface area (TPSA) is 53.2 Å². The summed E-state index contributed by atoms with van der Waals surface area (Å²) in [7, 11) is 0. The first kappa shape index (κ1) is 16.5. The smallest absolute Gasteiger partial charge is 0.238 e. The lowest BCUT2D eigenvalue weighted by Gasteiger charge is -2.11. The highest BCUT2D eigenvalue weighted by Gasteiger charge is 2.29. The Morgan fingerprint density at radius 1 is 1.22 bits per heavy atom. The maximum absolute atomic E-state index is 12.3. The van der Waals surface area contributed by atoms with Gasteiger partial charge in [-0.2, -0.15) is 0 Å². The molecule has 1 saturated heterocycles. The van der Waals surface area contributed by atoms with E-state index in [1.54, 1.807) is 0 Å². The molecule has 6 heteroatoms. The van der Waals surface area contributed by atoms with Crippen molar-refractivity contribution in [2.24, 2.45) is 0 Å². The minimum Gasteiger partial charge on any atom is -0.351 e. The van der Waals surface area contributed by atoms with Crippen LogP contribution in [0.4, 0.5) is 0 Å². The van der Waals surface area contributed by atoms with Crippen LogP contribution < -0.4 is 16.2 Å². The van der Waals surface area contributed by atoms with Gasteiger partial charge in [0.2, 0.25) is 5.91 Å². The number of benzene rings is 2. The van der Waals surface area contributed by atoms with Crippen molar-refractivity contribution in [1.29, 1.82) is 0 Å². The third-order valence-electron chi connectivity index (χ3n) is 3.85. The van der Waals surface area contributed by atoms with Crippen LogP contribution in [0.1, 0.15) is 23.6 Å². The van der Waals surface area contributed by atoms with Crippen LogP contribution in [0.15, 0.2) is 53.0 Å². The van der Waals surface area contributed by atoms with Crippen LogP contribution >= 0.6 is 27.5 Å². The lowest BCUT2D eigenvalue weighted by molar-refractivity contribution is -0.123. The van der Waals surface area contributed by atoms with Crippen LogP contribution in [0.3, 0.4) is 0 Å². The van der Waals surface area contributed by atoms with Crippen molar-refractivity contribution in [3.63, 3.8) is 0 Å². The second kappa shape index (κ2) is 7.45. The van der Waals surface area contributed by atoms with Gasteiger partial charge in [0.25, 0.3) is 0 Å². The second-order valence-electron chi connectivity index (χ2n) is 5.53. The van der Waals surface area contributed by atoms with Crippen LogP contribution in [0, 0.1) is 0 Å². The molecule has 1 fully saturated rings. The molecule has 1 aliphatic heterocycles. The Morgan fingerprint density at radius 2 is 2.00 bits per heavy atom. The van der Waals surface area contributed by atoms with E-state index in [4.69, 9.17) is 11.6 Å². The highest BCUT2D eigenvalue weighted by Crippen LogP contribution is 2.24. The number of nitrogens with one attached hydrogen (secondary N) is 3. The molecule has 0 spiro atoms. The van der Waals surface area contributed by atoms with Crippen molar-refractivity contribution in [3.8, 4) is 0 Å². The third kappa shape index (κ3) is 4.32. The Labute approximate surface area is 148 Å². The largest absolute Gasteiger partial charge is 0.351 e. The summed E-state index contributed by atoms with van der Waals surface area (Å²) in [5.74, 6) is -0.00931. The van der Waals surface area contributed by atoms with Gasteiger partial charge in [-0.05, 0) is 41.8 Å². The van der Waals surface area contributed by atoms with Gasteiger partial charge in [0.05, 0.1) is 0 Å². The number of carbonyl (C=O) groups excluding carboxylic acids is 1. The number of rotatable bonds is 4. The summed E-state index contributed by atoms with van der Waals surface area (Å²) in [5.41, 5.74) is 8.36. The Hall–Kier alpha value is -1.40. The SMILES string of the molecule is O=C(NCc1ccc(Br)cc1)C1CC(c2cccc(Cl)c2)NN1. The van der Waals surface area contributed by atoms with E-state index >= 15 is 0 Å². The summed E-state index contributed by atoms with van der Waals surface area (Å²) in [6.07, 6.45) is 0.687. The number of carbonyl (C=O) groups is 1. The molecule has 3 N–H and O–H groups in total. The number of halogens is 2. The van der Waals surface area contributed by atoms with Gasteiger partial charge in [0, 0.05) is 22.1 Å². The molecule has 0 saturated carbocycles. The maximum Gasteiger partial charge on any atom is 0.238 e. The molecule has 2 aromatic rings. The van der Waals surface area contributed by atoms with Crippen molar-refractivity contribution < 1.29 is 4.79 Å². The van der Waals surface area contributed by atoms with E-state index in [2.05, 4.69) is 32.1 Å². The zero-order valence-corrected chi connectivity index (χ0v) is 14.7. The third-order valence-corrected chi connectivity index (χ3v) is 4.61. The molecule has 3 rings (SSSR count). The minimum atomic E-state index is -0.255. The molecule has 2 unspecified atom stereocenters. The maximum atomic E-state index is 12.3. The quantitative estimate of drug-likeness (QED) is 0.745. The van der Waals surface area contributed by atoms with E-state index in [0.717, 1.165) is 15.6 Å². The molecule has 0 radical (unpaired) electrons. The highest BCUT2D eigenvalue weighted by atomic mass is 79.9.